The molecule has 0 bridgehead atoms. The Kier molecular flexibility index (Phi) is 3.59. The summed E-state index contributed by atoms with van der Waals surface area (Å²) in [7, 11) is 0. The van der Waals surface area contributed by atoms with Crippen LogP contribution < -0.4 is 5.73 Å². The highest BCUT2D eigenvalue weighted by Gasteiger charge is 2.12. The summed E-state index contributed by atoms with van der Waals surface area (Å²) in [6.07, 6.45) is 3.45. The van der Waals surface area contributed by atoms with Gasteiger partial charge in [0.2, 0.25) is 0 Å². The summed E-state index contributed by atoms with van der Waals surface area (Å²) in [6, 6.07) is 11.6. The molecular formula is C15H16N6. The Hall–Kier alpha value is -2.76. The van der Waals surface area contributed by atoms with E-state index in [1.165, 1.54) is 0 Å². The first kappa shape index (κ1) is 13.2. The first-order valence-corrected chi connectivity index (χ1v) is 6.88. The van der Waals surface area contributed by atoms with Crippen molar-refractivity contribution in [2.24, 2.45) is 0 Å². The predicted molar refractivity (Wildman–Crippen MR) is 80.8 cm³/mol. The number of benzene rings is 1. The zero-order valence-electron chi connectivity index (χ0n) is 11.8. The van der Waals surface area contributed by atoms with Crippen molar-refractivity contribution < 1.29 is 0 Å². The lowest BCUT2D eigenvalue weighted by atomic mass is 10.2. The molecule has 0 saturated heterocycles. The van der Waals surface area contributed by atoms with Gasteiger partial charge < -0.3 is 5.73 Å². The normalized spacial score (nSPS) is 10.7. The van der Waals surface area contributed by atoms with Gasteiger partial charge in [0.15, 0.2) is 0 Å². The molecule has 0 amide bonds. The molecule has 2 N–H and O–H groups in total. The molecule has 2 aromatic heterocycles. The Morgan fingerprint density at radius 2 is 1.95 bits per heavy atom. The molecule has 0 aliphatic rings. The average molecular weight is 280 g/mol. The molecule has 0 unspecified atom stereocenters. The molecule has 0 atom stereocenters. The lowest BCUT2D eigenvalue weighted by Gasteiger charge is -2.07. The molecule has 0 spiro atoms. The summed E-state index contributed by atoms with van der Waals surface area (Å²) in [5.41, 5.74) is 8.35. The second-order valence-electron chi connectivity index (χ2n) is 4.71. The molecule has 1 aromatic carbocycles. The van der Waals surface area contributed by atoms with Gasteiger partial charge in [-0.2, -0.15) is 0 Å². The monoisotopic (exact) mass is 280 g/mol. The zero-order chi connectivity index (χ0) is 14.7. The van der Waals surface area contributed by atoms with E-state index in [1.54, 1.807) is 16.9 Å². The first-order valence-electron chi connectivity index (χ1n) is 6.88. The fourth-order valence-electron chi connectivity index (χ4n) is 2.15. The first-order chi connectivity index (χ1) is 10.3. The van der Waals surface area contributed by atoms with E-state index in [2.05, 4.69) is 27.2 Å². The maximum atomic E-state index is 5.88. The summed E-state index contributed by atoms with van der Waals surface area (Å²) in [5, 5.41) is 8.13. The SMILES string of the molecule is CCCc1nc(N)cc(-c2cnnn2-c2ccccc2)n1. The van der Waals surface area contributed by atoms with Gasteiger partial charge >= 0.3 is 0 Å². The highest BCUT2D eigenvalue weighted by Crippen LogP contribution is 2.21. The maximum Gasteiger partial charge on any atom is 0.131 e. The molecule has 0 fully saturated rings. The molecule has 0 radical (unpaired) electrons. The quantitative estimate of drug-likeness (QED) is 0.792. The van der Waals surface area contributed by atoms with Gasteiger partial charge in [-0.3, -0.25) is 0 Å². The fourth-order valence-corrected chi connectivity index (χ4v) is 2.15. The molecular weight excluding hydrogens is 264 g/mol. The second-order valence-corrected chi connectivity index (χ2v) is 4.71. The summed E-state index contributed by atoms with van der Waals surface area (Å²) < 4.78 is 1.75. The van der Waals surface area contributed by atoms with Crippen molar-refractivity contribution in [2.75, 3.05) is 5.73 Å². The number of hydrogen-bond acceptors (Lipinski definition) is 5. The van der Waals surface area contributed by atoms with Crippen LogP contribution in [0, 0.1) is 0 Å². The second kappa shape index (κ2) is 5.70. The van der Waals surface area contributed by atoms with Crippen LogP contribution in [-0.2, 0) is 6.42 Å². The van der Waals surface area contributed by atoms with E-state index in [0.717, 1.165) is 35.7 Å². The molecule has 106 valence electrons. The Bertz CT molecular complexity index is 735. The molecule has 21 heavy (non-hydrogen) atoms. The van der Waals surface area contributed by atoms with E-state index < -0.39 is 0 Å². The summed E-state index contributed by atoms with van der Waals surface area (Å²) in [6.45, 7) is 2.09. The van der Waals surface area contributed by atoms with Gasteiger partial charge in [0.1, 0.15) is 17.3 Å². The Labute approximate surface area is 122 Å². The average Bonchev–Trinajstić information content (AvgIpc) is 2.97. The lowest BCUT2D eigenvalue weighted by Crippen LogP contribution is -2.04. The highest BCUT2D eigenvalue weighted by molar-refractivity contribution is 5.59. The maximum absolute atomic E-state index is 5.88. The van der Waals surface area contributed by atoms with E-state index in [9.17, 15) is 0 Å². The summed E-state index contributed by atoms with van der Waals surface area (Å²) in [4.78, 5) is 8.81. The zero-order valence-corrected chi connectivity index (χ0v) is 11.8. The van der Waals surface area contributed by atoms with Gasteiger partial charge in [0.25, 0.3) is 0 Å². The molecule has 0 aliphatic heterocycles. The molecule has 6 heteroatoms. The van der Waals surface area contributed by atoms with Crippen LogP contribution in [0.2, 0.25) is 0 Å². The van der Waals surface area contributed by atoms with Crippen LogP contribution in [0.3, 0.4) is 0 Å². The number of aryl methyl sites for hydroxylation is 1. The van der Waals surface area contributed by atoms with Crippen molar-refractivity contribution in [2.45, 2.75) is 19.8 Å². The van der Waals surface area contributed by atoms with E-state index >= 15 is 0 Å². The highest BCUT2D eigenvalue weighted by atomic mass is 15.4. The third-order valence-electron chi connectivity index (χ3n) is 3.08. The van der Waals surface area contributed by atoms with Gasteiger partial charge in [0, 0.05) is 12.5 Å². The minimum Gasteiger partial charge on any atom is -0.384 e. The van der Waals surface area contributed by atoms with Gasteiger partial charge in [-0.1, -0.05) is 30.3 Å². The van der Waals surface area contributed by atoms with Crippen LogP contribution in [0.15, 0.2) is 42.6 Å². The number of nitrogens with zero attached hydrogens (tertiary/aromatic N) is 5. The van der Waals surface area contributed by atoms with Crippen molar-refractivity contribution in [3.8, 4) is 17.1 Å². The minimum absolute atomic E-state index is 0.462. The van der Waals surface area contributed by atoms with Crippen LogP contribution >= 0.6 is 0 Å². The van der Waals surface area contributed by atoms with Crippen molar-refractivity contribution in [3.05, 3.63) is 48.4 Å². The number of hydrogen-bond donors (Lipinski definition) is 1. The molecule has 3 aromatic rings. The van der Waals surface area contributed by atoms with Crippen molar-refractivity contribution >= 4 is 5.82 Å². The van der Waals surface area contributed by atoms with Crippen molar-refractivity contribution in [1.29, 1.82) is 0 Å². The van der Waals surface area contributed by atoms with Crippen LogP contribution in [0.25, 0.3) is 17.1 Å². The van der Waals surface area contributed by atoms with Crippen LogP contribution in [0.5, 0.6) is 0 Å². The van der Waals surface area contributed by atoms with E-state index in [-0.39, 0.29) is 0 Å². The lowest BCUT2D eigenvalue weighted by molar-refractivity contribution is 0.801. The van der Waals surface area contributed by atoms with Gasteiger partial charge in [0.05, 0.1) is 17.6 Å². The largest absolute Gasteiger partial charge is 0.384 e. The molecule has 0 saturated carbocycles. The number of nitrogens with two attached hydrogens (primary N) is 1. The van der Waals surface area contributed by atoms with Gasteiger partial charge in [-0.25, -0.2) is 14.6 Å². The number of para-hydroxylation sites is 1. The number of nitrogen functional groups attached to an aromatic ring is 1. The van der Waals surface area contributed by atoms with Gasteiger partial charge in [-0.05, 0) is 18.6 Å². The molecule has 2 heterocycles. The third-order valence-corrected chi connectivity index (χ3v) is 3.08. The standard InChI is InChI=1S/C15H16N6/c1-2-6-15-18-12(9-14(16)19-15)13-10-17-20-21(13)11-7-4-3-5-8-11/h3-5,7-10H,2,6H2,1H3,(H2,16,18,19). The Balaban J connectivity index is 2.08. The molecule has 6 nitrogen and oxygen atoms in total. The third kappa shape index (κ3) is 2.74. The summed E-state index contributed by atoms with van der Waals surface area (Å²) >= 11 is 0. The number of rotatable bonds is 4. The van der Waals surface area contributed by atoms with Crippen LogP contribution in [0.1, 0.15) is 19.2 Å². The molecule has 3 rings (SSSR count). The van der Waals surface area contributed by atoms with Gasteiger partial charge in [-0.15, -0.1) is 5.10 Å². The predicted octanol–water partition coefficient (Wildman–Crippen LogP) is 2.26. The summed E-state index contributed by atoms with van der Waals surface area (Å²) in [5.74, 6) is 1.21. The fraction of sp³-hybridized carbons (Fsp3) is 0.200. The number of aromatic nitrogens is 5. The topological polar surface area (TPSA) is 82.5 Å². The number of anilines is 1. The smallest absolute Gasteiger partial charge is 0.131 e. The van der Waals surface area contributed by atoms with E-state index in [1.807, 2.05) is 30.3 Å². The van der Waals surface area contributed by atoms with Crippen molar-refractivity contribution in [1.82, 2.24) is 25.0 Å². The Morgan fingerprint density at radius 1 is 1.14 bits per heavy atom. The van der Waals surface area contributed by atoms with E-state index in [4.69, 9.17) is 5.73 Å². The van der Waals surface area contributed by atoms with Crippen LogP contribution in [-0.4, -0.2) is 25.0 Å². The Morgan fingerprint density at radius 3 is 2.71 bits per heavy atom. The van der Waals surface area contributed by atoms with Crippen molar-refractivity contribution in [3.63, 3.8) is 0 Å². The van der Waals surface area contributed by atoms with E-state index in [0.29, 0.717) is 5.82 Å². The molecule has 0 aliphatic carbocycles. The van der Waals surface area contributed by atoms with Crippen LogP contribution in [0.4, 0.5) is 5.82 Å². The minimum atomic E-state index is 0.462.